The van der Waals surface area contributed by atoms with Gasteiger partial charge in [-0.3, -0.25) is 4.79 Å². The van der Waals surface area contributed by atoms with Crippen molar-refractivity contribution in [3.05, 3.63) is 10.6 Å². The van der Waals surface area contributed by atoms with Crippen molar-refractivity contribution in [1.82, 2.24) is 14.5 Å². The summed E-state index contributed by atoms with van der Waals surface area (Å²) in [4.78, 5) is 13.9. The number of hydrogen-bond acceptors (Lipinski definition) is 5. The molecule has 0 aromatic carbocycles. The lowest BCUT2D eigenvalue weighted by Crippen LogP contribution is -2.31. The Labute approximate surface area is 104 Å². The second kappa shape index (κ2) is 6.62. The van der Waals surface area contributed by atoms with Gasteiger partial charge >= 0.3 is 0 Å². The quantitative estimate of drug-likeness (QED) is 0.577. The van der Waals surface area contributed by atoms with Crippen LogP contribution in [0, 0.1) is 23.7 Å². The number of aromatic nitrogens is 2. The van der Waals surface area contributed by atoms with Crippen LogP contribution in [0.4, 0.5) is 0 Å². The summed E-state index contributed by atoms with van der Waals surface area (Å²) in [5, 5.41) is 12.6. The molecule has 1 rings (SSSR count). The van der Waals surface area contributed by atoms with Crippen molar-refractivity contribution in [3.8, 4) is 18.4 Å². The van der Waals surface area contributed by atoms with Crippen LogP contribution in [0.25, 0.3) is 0 Å². The summed E-state index contributed by atoms with van der Waals surface area (Å²) in [6.45, 7) is 2.10. The first-order valence-corrected chi connectivity index (χ1v) is 5.92. The molecule has 0 aliphatic rings. The minimum Gasteiger partial charge on any atom is -0.313 e. The molecule has 5 nitrogen and oxygen atoms in total. The van der Waals surface area contributed by atoms with Crippen LogP contribution < -0.4 is 0 Å². The Hall–Kier alpha value is -1.92. The van der Waals surface area contributed by atoms with E-state index in [-0.39, 0.29) is 19.0 Å². The van der Waals surface area contributed by atoms with Crippen LogP contribution in [0.15, 0.2) is 0 Å². The van der Waals surface area contributed by atoms with E-state index in [9.17, 15) is 4.79 Å². The highest BCUT2D eigenvalue weighted by molar-refractivity contribution is 7.08. The molecule has 0 aliphatic carbocycles. The number of amides is 1. The second-order valence-electron chi connectivity index (χ2n) is 3.32. The second-order valence-corrected chi connectivity index (χ2v) is 4.08. The summed E-state index contributed by atoms with van der Waals surface area (Å²) in [5.74, 6) is 2.10. The largest absolute Gasteiger partial charge is 0.313 e. The van der Waals surface area contributed by atoms with Crippen molar-refractivity contribution in [2.45, 2.75) is 19.8 Å². The molecular weight excluding hydrogens is 236 g/mol. The van der Waals surface area contributed by atoms with Gasteiger partial charge in [-0.05, 0) is 18.0 Å². The highest BCUT2D eigenvalue weighted by atomic mass is 32.1. The smallest absolute Gasteiger partial charge is 0.269 e. The fourth-order valence-corrected chi connectivity index (χ4v) is 1.99. The number of terminal acetylenes is 1. The fourth-order valence-electron chi connectivity index (χ4n) is 1.31. The molecule has 0 atom stereocenters. The van der Waals surface area contributed by atoms with E-state index in [4.69, 9.17) is 11.7 Å². The Morgan fingerprint density at radius 3 is 2.94 bits per heavy atom. The Morgan fingerprint density at radius 1 is 1.59 bits per heavy atom. The number of aryl methyl sites for hydroxylation is 1. The van der Waals surface area contributed by atoms with Crippen LogP contribution in [0.3, 0.4) is 0 Å². The Balaban J connectivity index is 2.90. The predicted molar refractivity (Wildman–Crippen MR) is 64.3 cm³/mol. The molecule has 1 heterocycles. The van der Waals surface area contributed by atoms with Crippen LogP contribution in [-0.4, -0.2) is 33.5 Å². The van der Waals surface area contributed by atoms with E-state index in [1.807, 2.05) is 13.0 Å². The molecule has 1 amide bonds. The molecule has 0 fully saturated rings. The first-order chi connectivity index (χ1) is 8.24. The maximum atomic E-state index is 12.1. The molecule has 0 radical (unpaired) electrons. The van der Waals surface area contributed by atoms with E-state index in [1.54, 1.807) is 0 Å². The average molecular weight is 248 g/mol. The number of hydrogen-bond donors (Lipinski definition) is 0. The van der Waals surface area contributed by atoms with E-state index >= 15 is 0 Å². The van der Waals surface area contributed by atoms with Crippen LogP contribution >= 0.6 is 11.5 Å². The summed E-state index contributed by atoms with van der Waals surface area (Å²) in [7, 11) is 0. The Morgan fingerprint density at radius 2 is 2.35 bits per heavy atom. The minimum absolute atomic E-state index is 0.0213. The maximum absolute atomic E-state index is 12.1. The average Bonchev–Trinajstić information content (AvgIpc) is 2.77. The van der Waals surface area contributed by atoms with Gasteiger partial charge in [0.2, 0.25) is 0 Å². The van der Waals surface area contributed by atoms with Crippen LogP contribution in [-0.2, 0) is 6.42 Å². The van der Waals surface area contributed by atoms with Gasteiger partial charge in [-0.1, -0.05) is 23.8 Å². The van der Waals surface area contributed by atoms with E-state index < -0.39 is 0 Å². The van der Waals surface area contributed by atoms with Gasteiger partial charge in [0.1, 0.15) is 11.4 Å². The molecular formula is C11H12N4OS. The van der Waals surface area contributed by atoms with Gasteiger partial charge in [-0.25, -0.2) is 0 Å². The van der Waals surface area contributed by atoms with Crippen LogP contribution in [0.2, 0.25) is 0 Å². The molecule has 88 valence electrons. The first kappa shape index (κ1) is 13.1. The van der Waals surface area contributed by atoms with Gasteiger partial charge in [0.05, 0.1) is 18.3 Å². The zero-order valence-electron chi connectivity index (χ0n) is 9.51. The molecule has 0 saturated carbocycles. The van der Waals surface area contributed by atoms with Gasteiger partial charge in [0.25, 0.3) is 5.91 Å². The summed E-state index contributed by atoms with van der Waals surface area (Å²) in [6, 6.07) is 1.92. The molecule has 1 aromatic heterocycles. The SMILES string of the molecule is C#CCN(CC#N)C(=O)c1snnc1CCC. The van der Waals surface area contributed by atoms with E-state index in [1.165, 1.54) is 4.90 Å². The molecule has 17 heavy (non-hydrogen) atoms. The van der Waals surface area contributed by atoms with Gasteiger partial charge in [0.15, 0.2) is 0 Å². The highest BCUT2D eigenvalue weighted by Crippen LogP contribution is 2.15. The standard InChI is InChI=1S/C11H12N4OS/c1-3-5-9-10(17-14-13-9)11(16)15(7-4-2)8-6-12/h2H,3,5,7-8H2,1H3. The fraction of sp³-hybridized carbons (Fsp3) is 0.455. The molecule has 0 aliphatic heterocycles. The maximum Gasteiger partial charge on any atom is 0.269 e. The zero-order valence-corrected chi connectivity index (χ0v) is 10.3. The number of rotatable bonds is 5. The lowest BCUT2D eigenvalue weighted by molar-refractivity contribution is 0.0799. The molecule has 1 aromatic rings. The van der Waals surface area contributed by atoms with E-state index in [0.29, 0.717) is 17.0 Å². The van der Waals surface area contributed by atoms with Gasteiger partial charge in [0, 0.05) is 0 Å². The third-order valence-corrected chi connectivity index (χ3v) is 2.82. The molecule has 6 heteroatoms. The van der Waals surface area contributed by atoms with E-state index in [0.717, 1.165) is 18.0 Å². The number of carbonyl (C=O) groups excluding carboxylic acids is 1. The number of carbonyl (C=O) groups is 1. The van der Waals surface area contributed by atoms with Crippen molar-refractivity contribution in [2.24, 2.45) is 0 Å². The van der Waals surface area contributed by atoms with Crippen molar-refractivity contribution >= 4 is 17.4 Å². The van der Waals surface area contributed by atoms with Crippen LogP contribution in [0.1, 0.15) is 28.7 Å². The summed E-state index contributed by atoms with van der Waals surface area (Å²) >= 11 is 1.05. The van der Waals surface area contributed by atoms with E-state index in [2.05, 4.69) is 15.5 Å². The topological polar surface area (TPSA) is 69.9 Å². The van der Waals surface area contributed by atoms with Crippen molar-refractivity contribution < 1.29 is 4.79 Å². The summed E-state index contributed by atoms with van der Waals surface area (Å²) in [6.07, 6.45) is 6.76. The normalized spacial score (nSPS) is 9.35. The van der Waals surface area contributed by atoms with Gasteiger partial charge in [-0.15, -0.1) is 11.5 Å². The number of nitrogens with zero attached hydrogens (tertiary/aromatic N) is 4. The zero-order chi connectivity index (χ0) is 12.7. The third kappa shape index (κ3) is 3.27. The monoisotopic (exact) mass is 248 g/mol. The number of nitriles is 1. The lowest BCUT2D eigenvalue weighted by atomic mass is 10.2. The third-order valence-electron chi connectivity index (χ3n) is 2.07. The van der Waals surface area contributed by atoms with Crippen molar-refractivity contribution in [1.29, 1.82) is 5.26 Å². The van der Waals surface area contributed by atoms with Gasteiger partial charge in [-0.2, -0.15) is 5.26 Å². The molecule has 0 N–H and O–H groups in total. The summed E-state index contributed by atoms with van der Waals surface area (Å²) in [5.41, 5.74) is 0.683. The van der Waals surface area contributed by atoms with Crippen molar-refractivity contribution in [3.63, 3.8) is 0 Å². The van der Waals surface area contributed by atoms with Crippen LogP contribution in [0.5, 0.6) is 0 Å². The minimum atomic E-state index is -0.261. The summed E-state index contributed by atoms with van der Waals surface area (Å²) < 4.78 is 3.77. The lowest BCUT2D eigenvalue weighted by Gasteiger charge is -2.15. The van der Waals surface area contributed by atoms with Gasteiger partial charge < -0.3 is 4.90 Å². The highest BCUT2D eigenvalue weighted by Gasteiger charge is 2.21. The Kier molecular flexibility index (Phi) is 5.12. The molecule has 0 bridgehead atoms. The van der Waals surface area contributed by atoms with Crippen molar-refractivity contribution in [2.75, 3.05) is 13.1 Å². The first-order valence-electron chi connectivity index (χ1n) is 5.15. The predicted octanol–water partition coefficient (Wildman–Crippen LogP) is 1.09. The molecule has 0 unspecified atom stereocenters. The molecule has 0 spiro atoms. The molecule has 0 saturated heterocycles. The Bertz CT molecular complexity index is 453.